The summed E-state index contributed by atoms with van der Waals surface area (Å²) < 4.78 is 0. The van der Waals surface area contributed by atoms with E-state index in [2.05, 4.69) is 33.0 Å². The topological polar surface area (TPSA) is 12.0 Å². The minimum absolute atomic E-state index is 0.566. The largest absolute Gasteiger partial charge is 0.311 e. The highest BCUT2D eigenvalue weighted by atomic mass is 15.0. The number of rotatable bonds is 2. The van der Waals surface area contributed by atoms with E-state index in [-0.39, 0.29) is 0 Å². The van der Waals surface area contributed by atoms with Crippen LogP contribution in [0.15, 0.2) is 0 Å². The van der Waals surface area contributed by atoms with Crippen LogP contribution in [0.3, 0.4) is 0 Å². The van der Waals surface area contributed by atoms with Gasteiger partial charge < -0.3 is 5.32 Å². The van der Waals surface area contributed by atoms with Crippen LogP contribution in [0, 0.1) is 22.7 Å². The molecule has 3 fully saturated rings. The van der Waals surface area contributed by atoms with Crippen molar-refractivity contribution in [2.45, 2.75) is 71.9 Å². The average molecular weight is 221 g/mol. The molecule has 92 valence electrons. The van der Waals surface area contributed by atoms with Crippen LogP contribution in [0.5, 0.6) is 0 Å². The Labute approximate surface area is 100 Å². The predicted octanol–water partition coefficient (Wildman–Crippen LogP) is 3.59. The summed E-state index contributed by atoms with van der Waals surface area (Å²) in [6.45, 7) is 9.94. The van der Waals surface area contributed by atoms with E-state index in [1.54, 1.807) is 0 Å². The smallest absolute Gasteiger partial charge is 0.0131 e. The van der Waals surface area contributed by atoms with E-state index in [4.69, 9.17) is 0 Å². The lowest BCUT2D eigenvalue weighted by atomic mass is 9.68. The molecule has 0 aromatic heterocycles. The molecule has 0 radical (unpaired) electrons. The van der Waals surface area contributed by atoms with Gasteiger partial charge in [-0.25, -0.2) is 0 Å². The minimum atomic E-state index is 0.566. The lowest BCUT2D eigenvalue weighted by Gasteiger charge is -2.44. The summed E-state index contributed by atoms with van der Waals surface area (Å²) in [7, 11) is 0. The molecule has 16 heavy (non-hydrogen) atoms. The van der Waals surface area contributed by atoms with Gasteiger partial charge in [-0.05, 0) is 54.8 Å². The van der Waals surface area contributed by atoms with Gasteiger partial charge in [-0.1, -0.05) is 27.7 Å². The Kier molecular flexibility index (Phi) is 2.25. The zero-order valence-corrected chi connectivity index (χ0v) is 11.3. The average Bonchev–Trinajstić information content (AvgIpc) is 2.48. The van der Waals surface area contributed by atoms with Crippen molar-refractivity contribution in [3.63, 3.8) is 0 Å². The Morgan fingerprint density at radius 3 is 2.19 bits per heavy atom. The molecule has 1 N–H and O–H groups in total. The zero-order valence-electron chi connectivity index (χ0n) is 11.3. The molecule has 1 nitrogen and oxygen atoms in total. The highest BCUT2D eigenvalue weighted by Gasteiger charge is 2.61. The van der Waals surface area contributed by atoms with E-state index in [1.165, 1.54) is 32.1 Å². The van der Waals surface area contributed by atoms with Crippen molar-refractivity contribution in [3.05, 3.63) is 0 Å². The Morgan fingerprint density at radius 1 is 1.06 bits per heavy atom. The van der Waals surface area contributed by atoms with Gasteiger partial charge in [0.25, 0.3) is 0 Å². The molecule has 3 unspecified atom stereocenters. The highest BCUT2D eigenvalue weighted by Crippen LogP contribution is 2.65. The van der Waals surface area contributed by atoms with E-state index in [0.29, 0.717) is 10.8 Å². The molecule has 0 amide bonds. The molecule has 3 rings (SSSR count). The van der Waals surface area contributed by atoms with Crippen LogP contribution in [0.4, 0.5) is 0 Å². The summed E-state index contributed by atoms with van der Waals surface area (Å²) >= 11 is 0. The third-order valence-electron chi connectivity index (χ3n) is 6.60. The molecule has 2 bridgehead atoms. The molecule has 0 heterocycles. The van der Waals surface area contributed by atoms with Crippen molar-refractivity contribution in [2.24, 2.45) is 22.7 Å². The van der Waals surface area contributed by atoms with Crippen molar-refractivity contribution in [3.8, 4) is 0 Å². The first-order valence-corrected chi connectivity index (χ1v) is 7.19. The van der Waals surface area contributed by atoms with Gasteiger partial charge in [0, 0.05) is 12.1 Å². The third kappa shape index (κ3) is 1.27. The van der Waals surface area contributed by atoms with Crippen LogP contribution in [0.1, 0.15) is 59.8 Å². The van der Waals surface area contributed by atoms with E-state index in [0.717, 1.165) is 23.9 Å². The lowest BCUT2D eigenvalue weighted by molar-refractivity contribution is 0.0980. The van der Waals surface area contributed by atoms with Gasteiger partial charge in [0.15, 0.2) is 0 Å². The Hall–Kier alpha value is -0.0400. The first kappa shape index (κ1) is 11.1. The van der Waals surface area contributed by atoms with E-state index < -0.39 is 0 Å². The van der Waals surface area contributed by atoms with E-state index in [9.17, 15) is 0 Å². The van der Waals surface area contributed by atoms with Crippen LogP contribution in [0.2, 0.25) is 0 Å². The molecular formula is C15H27N. The highest BCUT2D eigenvalue weighted by molar-refractivity contribution is 5.13. The molecule has 0 aliphatic heterocycles. The van der Waals surface area contributed by atoms with Crippen molar-refractivity contribution >= 4 is 0 Å². The Morgan fingerprint density at radius 2 is 1.75 bits per heavy atom. The molecule has 0 aromatic carbocycles. The normalized spacial score (nSPS) is 54.0. The van der Waals surface area contributed by atoms with Crippen molar-refractivity contribution in [2.75, 3.05) is 0 Å². The fourth-order valence-electron chi connectivity index (χ4n) is 4.78. The summed E-state index contributed by atoms with van der Waals surface area (Å²) in [6, 6.07) is 1.64. The molecule has 0 aromatic rings. The maximum Gasteiger partial charge on any atom is 0.0131 e. The Balaban J connectivity index is 1.70. The van der Waals surface area contributed by atoms with Gasteiger partial charge in [-0.3, -0.25) is 0 Å². The molecule has 0 saturated heterocycles. The molecule has 3 aliphatic carbocycles. The first-order chi connectivity index (χ1) is 7.43. The molecular weight excluding hydrogens is 194 g/mol. The van der Waals surface area contributed by atoms with Crippen molar-refractivity contribution < 1.29 is 0 Å². The van der Waals surface area contributed by atoms with Gasteiger partial charge in [0.05, 0.1) is 0 Å². The second-order valence-corrected chi connectivity index (χ2v) is 7.60. The van der Waals surface area contributed by atoms with Gasteiger partial charge in [0.1, 0.15) is 0 Å². The molecule has 1 heteroatoms. The number of fused-ring (bicyclic) bond motifs is 2. The first-order valence-electron chi connectivity index (χ1n) is 7.19. The number of hydrogen-bond acceptors (Lipinski definition) is 1. The standard InChI is InChI=1S/C15H27N/c1-10-7-12(8-10)16-13-9-11-5-6-15(13,4)14(11,2)3/h10-13,16H,5-9H2,1-4H3. The van der Waals surface area contributed by atoms with Gasteiger partial charge in [-0.15, -0.1) is 0 Å². The summed E-state index contributed by atoms with van der Waals surface area (Å²) in [5.41, 5.74) is 1.14. The van der Waals surface area contributed by atoms with E-state index >= 15 is 0 Å². The monoisotopic (exact) mass is 221 g/mol. The zero-order chi connectivity index (χ0) is 11.6. The SMILES string of the molecule is CC1CC(NC2CC3CCC2(C)C3(C)C)C1. The maximum absolute atomic E-state index is 3.97. The van der Waals surface area contributed by atoms with Crippen LogP contribution < -0.4 is 5.32 Å². The number of nitrogens with one attached hydrogen (secondary N) is 1. The summed E-state index contributed by atoms with van der Waals surface area (Å²) in [5, 5.41) is 3.97. The van der Waals surface area contributed by atoms with E-state index in [1.807, 2.05) is 0 Å². The van der Waals surface area contributed by atoms with Crippen molar-refractivity contribution in [1.82, 2.24) is 5.32 Å². The molecule has 3 saturated carbocycles. The predicted molar refractivity (Wildman–Crippen MR) is 68.3 cm³/mol. The van der Waals surface area contributed by atoms with Gasteiger partial charge in [-0.2, -0.15) is 0 Å². The Bertz CT molecular complexity index is 290. The molecule has 3 atom stereocenters. The second-order valence-electron chi connectivity index (χ2n) is 7.60. The van der Waals surface area contributed by atoms with Crippen LogP contribution >= 0.6 is 0 Å². The summed E-state index contributed by atoms with van der Waals surface area (Å²) in [5.74, 6) is 1.95. The fraction of sp³-hybridized carbons (Fsp3) is 1.00. The maximum atomic E-state index is 3.97. The molecule has 3 aliphatic rings. The quantitative estimate of drug-likeness (QED) is 0.751. The second kappa shape index (κ2) is 3.25. The van der Waals surface area contributed by atoms with Crippen LogP contribution in [-0.2, 0) is 0 Å². The van der Waals surface area contributed by atoms with Crippen molar-refractivity contribution in [1.29, 1.82) is 0 Å². The fourth-order valence-corrected chi connectivity index (χ4v) is 4.78. The molecule has 0 spiro atoms. The third-order valence-corrected chi connectivity index (χ3v) is 6.60. The van der Waals surface area contributed by atoms with Crippen LogP contribution in [0.25, 0.3) is 0 Å². The lowest BCUT2D eigenvalue weighted by Crippen LogP contribution is -2.52. The van der Waals surface area contributed by atoms with Gasteiger partial charge in [0.2, 0.25) is 0 Å². The van der Waals surface area contributed by atoms with Gasteiger partial charge >= 0.3 is 0 Å². The minimum Gasteiger partial charge on any atom is -0.311 e. The summed E-state index contributed by atoms with van der Waals surface area (Å²) in [6.07, 6.45) is 7.19. The van der Waals surface area contributed by atoms with Crippen LogP contribution in [-0.4, -0.2) is 12.1 Å². The number of hydrogen-bond donors (Lipinski definition) is 1. The summed E-state index contributed by atoms with van der Waals surface area (Å²) in [4.78, 5) is 0.